The van der Waals surface area contributed by atoms with E-state index in [0.29, 0.717) is 6.07 Å². The molecule has 1 aromatic rings. The van der Waals surface area contributed by atoms with Gasteiger partial charge in [0.2, 0.25) is 0 Å². The Labute approximate surface area is 97.2 Å². The second-order valence-corrected chi connectivity index (χ2v) is 3.53. The van der Waals surface area contributed by atoms with Gasteiger partial charge in [-0.05, 0) is 6.07 Å². The van der Waals surface area contributed by atoms with Crippen LogP contribution in [0.5, 0.6) is 0 Å². The molecule has 8 heteroatoms. The molecule has 94 valence electrons. The van der Waals surface area contributed by atoms with Crippen LogP contribution >= 0.6 is 12.2 Å². The maximum Gasteiger partial charge on any atom is 0.417 e. The highest BCUT2D eigenvalue weighted by Gasteiger charge is 2.44. The van der Waals surface area contributed by atoms with Crippen LogP contribution in [0.25, 0.3) is 0 Å². The van der Waals surface area contributed by atoms with E-state index in [2.05, 4.69) is 12.2 Å². The van der Waals surface area contributed by atoms with Crippen molar-refractivity contribution in [1.82, 2.24) is 0 Å². The van der Waals surface area contributed by atoms with Crippen LogP contribution in [-0.2, 0) is 12.4 Å². The van der Waals surface area contributed by atoms with Crippen LogP contribution in [0.2, 0.25) is 0 Å². The molecule has 1 nitrogen and oxygen atoms in total. The monoisotopic (exact) mass is 273 g/mol. The fourth-order valence-corrected chi connectivity index (χ4v) is 1.47. The van der Waals surface area contributed by atoms with Gasteiger partial charge in [0.25, 0.3) is 0 Å². The molecule has 0 amide bonds. The number of hydrogen-bond donors (Lipinski definition) is 1. The maximum atomic E-state index is 12.6. The number of halogens is 6. The first-order valence-corrected chi connectivity index (χ1v) is 4.53. The van der Waals surface area contributed by atoms with E-state index in [4.69, 9.17) is 5.73 Å². The van der Waals surface area contributed by atoms with Gasteiger partial charge in [-0.2, -0.15) is 26.3 Å². The summed E-state index contributed by atoms with van der Waals surface area (Å²) < 4.78 is 75.1. The number of hydrogen-bond acceptors (Lipinski definition) is 1. The van der Waals surface area contributed by atoms with Gasteiger partial charge in [0.05, 0.1) is 11.1 Å². The van der Waals surface area contributed by atoms with Crippen LogP contribution < -0.4 is 5.73 Å². The number of thiocarbonyl (C=S) groups is 1. The summed E-state index contributed by atoms with van der Waals surface area (Å²) in [7, 11) is 0. The number of benzene rings is 1. The molecule has 17 heavy (non-hydrogen) atoms. The van der Waals surface area contributed by atoms with Crippen LogP contribution in [-0.4, -0.2) is 4.99 Å². The Morgan fingerprint density at radius 2 is 1.53 bits per heavy atom. The van der Waals surface area contributed by atoms with Gasteiger partial charge in [0.1, 0.15) is 4.99 Å². The highest BCUT2D eigenvalue weighted by atomic mass is 32.1. The van der Waals surface area contributed by atoms with E-state index in [-0.39, 0.29) is 0 Å². The zero-order chi connectivity index (χ0) is 13.4. The van der Waals surface area contributed by atoms with E-state index in [1.54, 1.807) is 0 Å². The first-order chi connectivity index (χ1) is 7.55. The molecule has 0 spiro atoms. The minimum Gasteiger partial charge on any atom is -0.389 e. The van der Waals surface area contributed by atoms with Gasteiger partial charge in [0.15, 0.2) is 0 Å². The van der Waals surface area contributed by atoms with Crippen molar-refractivity contribution in [2.75, 3.05) is 0 Å². The smallest absolute Gasteiger partial charge is 0.389 e. The SMILES string of the molecule is NC(=S)c1cccc(C(F)(F)F)c1C(F)(F)F. The highest BCUT2D eigenvalue weighted by molar-refractivity contribution is 7.80. The van der Waals surface area contributed by atoms with Gasteiger partial charge in [-0.15, -0.1) is 0 Å². The van der Waals surface area contributed by atoms with Crippen molar-refractivity contribution in [3.05, 3.63) is 34.9 Å². The van der Waals surface area contributed by atoms with Gasteiger partial charge in [-0.1, -0.05) is 24.4 Å². The number of rotatable bonds is 1. The van der Waals surface area contributed by atoms with Crippen LogP contribution in [0.3, 0.4) is 0 Å². The summed E-state index contributed by atoms with van der Waals surface area (Å²) >= 11 is 4.31. The summed E-state index contributed by atoms with van der Waals surface area (Å²) in [5, 5.41) is 0. The lowest BCUT2D eigenvalue weighted by Gasteiger charge is -2.18. The van der Waals surface area contributed by atoms with Crippen molar-refractivity contribution in [1.29, 1.82) is 0 Å². The quantitative estimate of drug-likeness (QED) is 0.627. The van der Waals surface area contributed by atoms with Crippen molar-refractivity contribution in [2.24, 2.45) is 5.73 Å². The van der Waals surface area contributed by atoms with Gasteiger partial charge in [0, 0.05) is 5.56 Å². The Morgan fingerprint density at radius 1 is 1.00 bits per heavy atom. The van der Waals surface area contributed by atoms with Crippen molar-refractivity contribution in [2.45, 2.75) is 12.4 Å². The Bertz CT molecular complexity index is 448. The predicted molar refractivity (Wildman–Crippen MR) is 52.3 cm³/mol. The van der Waals surface area contributed by atoms with E-state index in [1.165, 1.54) is 0 Å². The summed E-state index contributed by atoms with van der Waals surface area (Å²) in [5.41, 5.74) is 0.513. The Hall–Kier alpha value is -1.31. The van der Waals surface area contributed by atoms with Crippen molar-refractivity contribution < 1.29 is 26.3 Å². The molecule has 0 unspecified atom stereocenters. The van der Waals surface area contributed by atoms with E-state index >= 15 is 0 Å². The molecule has 0 saturated carbocycles. The van der Waals surface area contributed by atoms with E-state index in [1.807, 2.05) is 0 Å². The molecular formula is C9H5F6NS. The standard InChI is InChI=1S/C9H5F6NS/c10-8(11,12)5-3-1-2-4(7(16)17)6(5)9(13,14)15/h1-3H,(H2,16,17). The van der Waals surface area contributed by atoms with Crippen molar-refractivity contribution in [3.8, 4) is 0 Å². The Morgan fingerprint density at radius 3 is 1.88 bits per heavy atom. The average molecular weight is 273 g/mol. The molecule has 0 radical (unpaired) electrons. The normalized spacial score (nSPS) is 12.6. The number of alkyl halides is 6. The first-order valence-electron chi connectivity index (χ1n) is 4.12. The maximum absolute atomic E-state index is 12.6. The second-order valence-electron chi connectivity index (χ2n) is 3.09. The summed E-state index contributed by atoms with van der Waals surface area (Å²) in [6.07, 6.45) is -10.3. The molecule has 2 N–H and O–H groups in total. The summed E-state index contributed by atoms with van der Waals surface area (Å²) in [6.45, 7) is 0. The molecule has 1 aromatic carbocycles. The van der Waals surface area contributed by atoms with E-state index < -0.39 is 34.0 Å². The molecule has 0 heterocycles. The van der Waals surface area contributed by atoms with Crippen LogP contribution in [0, 0.1) is 0 Å². The molecule has 0 saturated heterocycles. The zero-order valence-electron chi connectivity index (χ0n) is 7.99. The lowest BCUT2D eigenvalue weighted by Crippen LogP contribution is -2.23. The molecular weight excluding hydrogens is 268 g/mol. The van der Waals surface area contributed by atoms with Crippen molar-refractivity contribution >= 4 is 17.2 Å². The zero-order valence-corrected chi connectivity index (χ0v) is 8.80. The molecule has 0 aliphatic carbocycles. The van der Waals surface area contributed by atoms with Gasteiger partial charge >= 0.3 is 12.4 Å². The second kappa shape index (κ2) is 4.17. The minimum atomic E-state index is -5.18. The van der Waals surface area contributed by atoms with Crippen molar-refractivity contribution in [3.63, 3.8) is 0 Å². The lowest BCUT2D eigenvalue weighted by atomic mass is 10.00. The van der Waals surface area contributed by atoms with Crippen LogP contribution in [0.4, 0.5) is 26.3 Å². The molecule has 0 aromatic heterocycles. The molecule has 0 aliphatic heterocycles. The third-order valence-corrected chi connectivity index (χ3v) is 2.14. The molecule has 0 atom stereocenters. The summed E-state index contributed by atoms with van der Waals surface area (Å²) in [5.74, 6) is 0. The lowest BCUT2D eigenvalue weighted by molar-refractivity contribution is -0.162. The van der Waals surface area contributed by atoms with Gasteiger partial charge in [-0.3, -0.25) is 0 Å². The fraction of sp³-hybridized carbons (Fsp3) is 0.222. The van der Waals surface area contributed by atoms with Crippen LogP contribution in [0.15, 0.2) is 18.2 Å². The average Bonchev–Trinajstić information content (AvgIpc) is 2.13. The minimum absolute atomic E-state index is 0.338. The Kier molecular flexibility index (Phi) is 3.37. The number of nitrogens with two attached hydrogens (primary N) is 1. The molecule has 0 fully saturated rings. The first kappa shape index (κ1) is 13.8. The molecule has 1 rings (SSSR count). The fourth-order valence-electron chi connectivity index (χ4n) is 1.30. The van der Waals surface area contributed by atoms with E-state index in [9.17, 15) is 26.3 Å². The van der Waals surface area contributed by atoms with E-state index in [0.717, 1.165) is 12.1 Å². The van der Waals surface area contributed by atoms with Gasteiger partial charge in [-0.25, -0.2) is 0 Å². The third kappa shape index (κ3) is 2.87. The largest absolute Gasteiger partial charge is 0.417 e. The summed E-state index contributed by atoms with van der Waals surface area (Å²) in [4.78, 5) is -0.733. The highest BCUT2D eigenvalue weighted by Crippen LogP contribution is 2.41. The third-order valence-electron chi connectivity index (χ3n) is 1.92. The molecule has 0 aliphatic rings. The van der Waals surface area contributed by atoms with Gasteiger partial charge < -0.3 is 5.73 Å². The molecule has 0 bridgehead atoms. The topological polar surface area (TPSA) is 26.0 Å². The summed E-state index contributed by atoms with van der Waals surface area (Å²) in [6, 6.07) is 1.97. The Balaban J connectivity index is 3.64. The van der Waals surface area contributed by atoms with Crippen LogP contribution in [0.1, 0.15) is 16.7 Å². The predicted octanol–water partition coefficient (Wildman–Crippen LogP) is 3.36.